The van der Waals surface area contributed by atoms with Crippen LogP contribution in [0.15, 0.2) is 0 Å². The molecule has 0 radical (unpaired) electrons. The van der Waals surface area contributed by atoms with Crippen LogP contribution in [0.1, 0.15) is 0 Å². The van der Waals surface area contributed by atoms with E-state index in [0.29, 0.717) is 0 Å². The van der Waals surface area contributed by atoms with E-state index in [2.05, 4.69) is 33.3 Å². The predicted molar refractivity (Wildman–Crippen MR) is 25.5 cm³/mol. The topological polar surface area (TPSA) is 99.5 Å². The molecule has 0 bridgehead atoms. The summed E-state index contributed by atoms with van der Waals surface area (Å²) in [7, 11) is 4.69. The van der Waals surface area contributed by atoms with Gasteiger partial charge in [-0.3, -0.25) is 0 Å². The van der Waals surface area contributed by atoms with Gasteiger partial charge in [0.05, 0.1) is 0 Å². The predicted octanol–water partition coefficient (Wildman–Crippen LogP) is 0.499. The molecule has 0 aliphatic rings. The van der Waals surface area contributed by atoms with Gasteiger partial charge in [0.2, 0.25) is 0 Å². The molecule has 0 heterocycles. The fourth-order valence-electron chi connectivity index (χ4n) is 0. The van der Waals surface area contributed by atoms with Crippen LogP contribution in [0.5, 0.6) is 0 Å². The van der Waals surface area contributed by atoms with E-state index >= 15 is 0 Å². The Kier molecular flexibility index (Phi) is 28300. The van der Waals surface area contributed by atoms with Crippen molar-refractivity contribution in [3.8, 4) is 0 Å². The Morgan fingerprint density at radius 2 is 0.500 bits per heavy atom. The van der Waals surface area contributed by atoms with Crippen LogP contribution >= 0.6 is 9.53 Å². The van der Waals surface area contributed by atoms with Crippen LogP contribution in [-0.4, -0.2) is 0 Å². The zero-order valence-corrected chi connectivity index (χ0v) is 8.77. The zero-order valence-electron chi connectivity index (χ0n) is 5.30. The van der Waals surface area contributed by atoms with Gasteiger partial charge in [-0.15, -0.1) is 0 Å². The fraction of sp³-hybridized carbons (Fsp3) is 0. The molecule has 0 aliphatic carbocycles. The molecule has 5 nitrogen and oxygen atoms in total. The van der Waals surface area contributed by atoms with Crippen molar-refractivity contribution in [3.63, 3.8) is 0 Å². The summed E-state index contributed by atoms with van der Waals surface area (Å²) in [5, 5.41) is 0. The molecule has 0 fully saturated rings. The van der Waals surface area contributed by atoms with Gasteiger partial charge in [-0.1, -0.05) is 0 Å². The molecule has 0 aromatic carbocycles. The van der Waals surface area contributed by atoms with Crippen molar-refractivity contribution in [2.75, 3.05) is 0 Å². The molecule has 0 saturated carbocycles. The third kappa shape index (κ3) is 5980. The van der Waals surface area contributed by atoms with Crippen molar-refractivity contribution in [2.24, 2.45) is 0 Å². The maximum absolute atomic E-state index is 7.50. The van der Waals surface area contributed by atoms with E-state index in [4.69, 9.17) is 32.8 Å². The minimum atomic E-state index is 1.19. The maximum atomic E-state index is 7.50. The zero-order chi connectivity index (χ0) is 12.0. The number of hydrogen-bond donors (Lipinski definition) is 0. The first-order valence-electron chi connectivity index (χ1n) is 1.16. The molecule has 0 amide bonds. The average molecular weight is 362 g/mol. The van der Waals surface area contributed by atoms with E-state index in [9.17, 15) is 0 Å². The Bertz CT molecular complexity index is 78.4. The van der Waals surface area contributed by atoms with Crippen molar-refractivity contribution < 1.29 is 41.4 Å². The van der Waals surface area contributed by atoms with Crippen LogP contribution < -0.4 is 0 Å². The first-order chi connectivity index (χ1) is 6.00. The van der Waals surface area contributed by atoms with Gasteiger partial charge in [-0.05, 0) is 0 Å². The van der Waals surface area contributed by atoms with Gasteiger partial charge >= 0.3 is 84.2 Å². The first-order valence-corrected chi connectivity index (χ1v) is 4.53. The summed E-state index contributed by atoms with van der Waals surface area (Å²) in [6.07, 6.45) is 0. The van der Waals surface area contributed by atoms with Crippen LogP contribution in [0.4, 0.5) is 0 Å². The standard InChI is InChI=1S/5CO.ClH.Re/c5*1-2;;/h;;;;;1H;/q;;;;;;+1/p-1. The van der Waals surface area contributed by atoms with Crippen molar-refractivity contribution in [1.29, 1.82) is 0 Å². The quantitative estimate of drug-likeness (QED) is 0.443. The molecule has 0 aliphatic heterocycles. The van der Waals surface area contributed by atoms with Gasteiger partial charge in [-0.25, -0.2) is 0 Å². The molecule has 0 spiro atoms. The van der Waals surface area contributed by atoms with E-state index in [1.165, 1.54) is 18.2 Å². The SMILES string of the molecule is [C-]#[O+].[C-]#[O+].[C-]#[O+].[C-]#[O+].[C-]#[O+].[Cl][Re]. The molecule has 0 atom stereocenters. The van der Waals surface area contributed by atoms with Gasteiger partial charge < -0.3 is 0 Å². The van der Waals surface area contributed by atoms with Gasteiger partial charge in [0.1, 0.15) is 0 Å². The van der Waals surface area contributed by atoms with E-state index in [1.54, 1.807) is 0 Å². The number of rotatable bonds is 0. The molecule has 12 heavy (non-hydrogen) atoms. The summed E-state index contributed by atoms with van der Waals surface area (Å²) in [5.74, 6) is 0. The fourth-order valence-corrected chi connectivity index (χ4v) is 0. The minimum absolute atomic E-state index is 1.19. The van der Waals surface area contributed by atoms with Gasteiger partial charge in [0.25, 0.3) is 0 Å². The molecular formula is C5ClO5Re. The van der Waals surface area contributed by atoms with Gasteiger partial charge in [-0.2, -0.15) is 0 Å². The Hall–Kier alpha value is -0.348. The van der Waals surface area contributed by atoms with Crippen LogP contribution in [0.3, 0.4) is 0 Å². The van der Waals surface area contributed by atoms with Crippen molar-refractivity contribution in [1.82, 2.24) is 0 Å². The monoisotopic (exact) mass is 362 g/mol. The van der Waals surface area contributed by atoms with Gasteiger partial charge in [0, 0.05) is 0 Å². The van der Waals surface area contributed by atoms with Crippen molar-refractivity contribution in [2.45, 2.75) is 0 Å². The van der Waals surface area contributed by atoms with Crippen LogP contribution in [0.2, 0.25) is 0 Å². The Balaban J connectivity index is -0.00000000900. The first kappa shape index (κ1) is 41.4. The van der Waals surface area contributed by atoms with E-state index in [0.717, 1.165) is 0 Å². The summed E-state index contributed by atoms with van der Waals surface area (Å²) in [4.78, 5) is 0. The Morgan fingerprint density at radius 1 is 0.500 bits per heavy atom. The molecule has 7 heteroatoms. The van der Waals surface area contributed by atoms with E-state index in [-0.39, 0.29) is 0 Å². The second-order valence-electron chi connectivity index (χ2n) is 0. The van der Waals surface area contributed by atoms with E-state index in [1.807, 2.05) is 0 Å². The molecular weight excluding hydrogens is 362 g/mol. The Labute approximate surface area is 84.4 Å². The summed E-state index contributed by atoms with van der Waals surface area (Å²) in [6.45, 7) is 22.5. The average Bonchev–Trinajstić information content (AvgIpc) is 2.33. The molecule has 0 aromatic rings. The molecule has 0 N–H and O–H groups in total. The summed E-state index contributed by atoms with van der Waals surface area (Å²) < 4.78 is 37.5. The van der Waals surface area contributed by atoms with Gasteiger partial charge in [0.15, 0.2) is 0 Å². The Morgan fingerprint density at radius 3 is 0.500 bits per heavy atom. The van der Waals surface area contributed by atoms with Crippen molar-refractivity contribution >= 4 is 9.53 Å². The van der Waals surface area contributed by atoms with Crippen molar-refractivity contribution in [3.05, 3.63) is 33.3 Å². The molecule has 0 aromatic heterocycles. The van der Waals surface area contributed by atoms with Crippen LogP contribution in [-0.2, 0) is 41.4 Å². The summed E-state index contributed by atoms with van der Waals surface area (Å²) in [5.41, 5.74) is 0. The molecule has 64 valence electrons. The second kappa shape index (κ2) is 8210. The van der Waals surface area contributed by atoms with E-state index < -0.39 is 0 Å². The molecule has 0 unspecified atom stereocenters. The second-order valence-corrected chi connectivity index (χ2v) is 0. The number of hydrogen-bond acceptors (Lipinski definition) is 0. The third-order valence-electron chi connectivity index (χ3n) is 0. The molecule has 0 saturated heterocycles. The normalized spacial score (nSPS) is 1.33. The summed E-state index contributed by atoms with van der Waals surface area (Å²) >= 11 is 1.19. The van der Waals surface area contributed by atoms with Crippen LogP contribution in [0.25, 0.3) is 0 Å². The third-order valence-corrected chi connectivity index (χ3v) is 0. The molecule has 0 rings (SSSR count). The number of halogens is 1. The summed E-state index contributed by atoms with van der Waals surface area (Å²) in [6, 6.07) is 0. The van der Waals surface area contributed by atoms with Crippen LogP contribution in [0, 0.1) is 33.3 Å².